The maximum Gasteiger partial charge on any atom is 0.243 e. The van der Waals surface area contributed by atoms with Gasteiger partial charge in [0.15, 0.2) is 0 Å². The maximum atomic E-state index is 13.5. The van der Waals surface area contributed by atoms with Crippen molar-refractivity contribution in [2.45, 2.75) is 31.7 Å². The predicted octanol–water partition coefficient (Wildman–Crippen LogP) is 5.49. The summed E-state index contributed by atoms with van der Waals surface area (Å²) in [6, 6.07) is 22.6. The maximum absolute atomic E-state index is 13.5. The molecular weight excluding hydrogens is 471 g/mol. The molecular formula is C27H28ClFN2O2S. The molecule has 2 amide bonds. The smallest absolute Gasteiger partial charge is 0.243 e. The first-order chi connectivity index (χ1) is 16.5. The molecule has 4 nitrogen and oxygen atoms in total. The highest BCUT2D eigenvalue weighted by Crippen LogP contribution is 2.22. The first-order valence-electron chi connectivity index (χ1n) is 11.1. The van der Waals surface area contributed by atoms with Crippen molar-refractivity contribution in [2.24, 2.45) is 0 Å². The van der Waals surface area contributed by atoms with Gasteiger partial charge in [0.25, 0.3) is 0 Å². The van der Waals surface area contributed by atoms with Crippen LogP contribution in [0.4, 0.5) is 4.39 Å². The number of amides is 2. The van der Waals surface area contributed by atoms with Crippen molar-refractivity contribution in [3.8, 4) is 0 Å². The lowest BCUT2D eigenvalue weighted by atomic mass is 10.0. The summed E-state index contributed by atoms with van der Waals surface area (Å²) in [6.45, 7) is 2.55. The van der Waals surface area contributed by atoms with Crippen molar-refractivity contribution in [1.29, 1.82) is 0 Å². The highest BCUT2D eigenvalue weighted by Gasteiger charge is 2.30. The number of thioether (sulfide) groups is 1. The number of nitrogens with zero attached hydrogens (tertiary/aromatic N) is 1. The van der Waals surface area contributed by atoms with Gasteiger partial charge in [-0.15, -0.1) is 11.8 Å². The molecule has 34 heavy (non-hydrogen) atoms. The van der Waals surface area contributed by atoms with E-state index in [9.17, 15) is 14.0 Å². The Morgan fingerprint density at radius 3 is 2.32 bits per heavy atom. The van der Waals surface area contributed by atoms with Crippen LogP contribution in [0.1, 0.15) is 23.6 Å². The van der Waals surface area contributed by atoms with Gasteiger partial charge in [-0.3, -0.25) is 9.59 Å². The summed E-state index contributed by atoms with van der Waals surface area (Å²) in [4.78, 5) is 28.2. The number of carbonyl (C=O) groups excluding carboxylic acids is 2. The third kappa shape index (κ3) is 7.61. The van der Waals surface area contributed by atoms with Crippen LogP contribution in [0.5, 0.6) is 0 Å². The van der Waals surface area contributed by atoms with E-state index in [0.29, 0.717) is 23.7 Å². The number of nitrogens with one attached hydrogen (secondary N) is 1. The van der Waals surface area contributed by atoms with Crippen LogP contribution in [0, 0.1) is 5.82 Å². The molecule has 3 aromatic carbocycles. The molecule has 7 heteroatoms. The standard InChI is InChI=1S/C27H28ClFN2O2S/c1-2-30-27(33)25(16-20-8-4-3-5-9-20)31(17-22-10-6-7-11-24(22)28)26(32)19-34-18-21-12-14-23(29)15-13-21/h3-15,25H,2,16-19H2,1H3,(H,30,33)/t25-/m0/s1. The molecule has 3 aromatic rings. The Morgan fingerprint density at radius 2 is 1.65 bits per heavy atom. The van der Waals surface area contributed by atoms with E-state index < -0.39 is 6.04 Å². The van der Waals surface area contributed by atoms with E-state index in [2.05, 4.69) is 5.32 Å². The zero-order valence-electron chi connectivity index (χ0n) is 19.0. The van der Waals surface area contributed by atoms with Gasteiger partial charge in [0.2, 0.25) is 11.8 Å². The molecule has 0 aliphatic rings. The van der Waals surface area contributed by atoms with Gasteiger partial charge in [0.05, 0.1) is 5.75 Å². The summed E-state index contributed by atoms with van der Waals surface area (Å²) in [7, 11) is 0. The first kappa shape index (κ1) is 25.8. The highest BCUT2D eigenvalue weighted by molar-refractivity contribution is 7.99. The lowest BCUT2D eigenvalue weighted by Gasteiger charge is -2.31. The molecule has 0 fully saturated rings. The van der Waals surface area contributed by atoms with Gasteiger partial charge in [0, 0.05) is 30.3 Å². The predicted molar refractivity (Wildman–Crippen MR) is 137 cm³/mol. The van der Waals surface area contributed by atoms with E-state index in [4.69, 9.17) is 11.6 Å². The highest BCUT2D eigenvalue weighted by atomic mass is 35.5. The van der Waals surface area contributed by atoms with Crippen LogP contribution in [0.2, 0.25) is 5.02 Å². The Bertz CT molecular complexity index is 1080. The van der Waals surface area contributed by atoms with Gasteiger partial charge in [-0.05, 0) is 41.8 Å². The number of benzene rings is 3. The molecule has 0 heterocycles. The van der Waals surface area contributed by atoms with Gasteiger partial charge in [-0.1, -0.05) is 72.3 Å². The second-order valence-electron chi connectivity index (χ2n) is 7.83. The van der Waals surface area contributed by atoms with Gasteiger partial charge in [-0.25, -0.2) is 4.39 Å². The van der Waals surface area contributed by atoms with Crippen LogP contribution in [0.15, 0.2) is 78.9 Å². The Morgan fingerprint density at radius 1 is 0.971 bits per heavy atom. The third-order valence-electron chi connectivity index (χ3n) is 5.33. The zero-order valence-corrected chi connectivity index (χ0v) is 20.6. The number of carbonyl (C=O) groups is 2. The Kier molecular flexibility index (Phi) is 9.98. The molecule has 178 valence electrons. The summed E-state index contributed by atoms with van der Waals surface area (Å²) in [5.74, 6) is 0.110. The number of rotatable bonds is 11. The van der Waals surface area contributed by atoms with Crippen molar-refractivity contribution in [3.63, 3.8) is 0 Å². The van der Waals surface area contributed by atoms with E-state index in [-0.39, 0.29) is 29.9 Å². The fourth-order valence-electron chi connectivity index (χ4n) is 3.58. The summed E-state index contributed by atoms with van der Waals surface area (Å²) in [5.41, 5.74) is 2.68. The topological polar surface area (TPSA) is 49.4 Å². The second-order valence-corrected chi connectivity index (χ2v) is 9.23. The van der Waals surface area contributed by atoms with Crippen LogP contribution in [-0.2, 0) is 28.3 Å². The normalized spacial score (nSPS) is 11.6. The van der Waals surface area contributed by atoms with Crippen LogP contribution in [0.3, 0.4) is 0 Å². The minimum Gasteiger partial charge on any atom is -0.355 e. The molecule has 0 aromatic heterocycles. The van der Waals surface area contributed by atoms with Crippen LogP contribution in [0.25, 0.3) is 0 Å². The lowest BCUT2D eigenvalue weighted by molar-refractivity contribution is -0.139. The monoisotopic (exact) mass is 498 g/mol. The molecule has 1 atom stereocenters. The number of hydrogen-bond donors (Lipinski definition) is 1. The molecule has 3 rings (SSSR count). The van der Waals surface area contributed by atoms with E-state index in [1.54, 1.807) is 23.1 Å². The number of halogens is 2. The van der Waals surface area contributed by atoms with Crippen LogP contribution in [-0.4, -0.2) is 35.1 Å². The average molecular weight is 499 g/mol. The van der Waals surface area contributed by atoms with E-state index in [1.807, 2.05) is 55.5 Å². The quantitative estimate of drug-likeness (QED) is 0.380. The average Bonchev–Trinajstić information content (AvgIpc) is 2.84. The van der Waals surface area contributed by atoms with E-state index >= 15 is 0 Å². The molecule has 0 radical (unpaired) electrons. The van der Waals surface area contributed by atoms with Crippen LogP contribution < -0.4 is 5.32 Å². The molecule has 0 bridgehead atoms. The summed E-state index contributed by atoms with van der Waals surface area (Å²) in [6.07, 6.45) is 0.394. The van der Waals surface area contributed by atoms with Gasteiger partial charge < -0.3 is 10.2 Å². The fourth-order valence-corrected chi connectivity index (χ4v) is 4.64. The van der Waals surface area contributed by atoms with Crippen molar-refractivity contribution in [1.82, 2.24) is 10.2 Å². The summed E-state index contributed by atoms with van der Waals surface area (Å²) in [5, 5.41) is 3.43. The molecule has 1 N–H and O–H groups in total. The zero-order chi connectivity index (χ0) is 24.3. The number of likely N-dealkylation sites (N-methyl/N-ethyl adjacent to an activating group) is 1. The Labute approximate surface area is 209 Å². The summed E-state index contributed by atoms with van der Waals surface area (Å²) >= 11 is 7.84. The second kappa shape index (κ2) is 13.2. The SMILES string of the molecule is CCNC(=O)[C@H](Cc1ccccc1)N(Cc1ccccc1Cl)C(=O)CSCc1ccc(F)cc1. The minimum absolute atomic E-state index is 0.154. The van der Waals surface area contributed by atoms with E-state index in [0.717, 1.165) is 16.7 Å². The molecule has 0 saturated carbocycles. The van der Waals surface area contributed by atoms with Crippen LogP contribution >= 0.6 is 23.4 Å². The molecule has 0 spiro atoms. The Balaban J connectivity index is 1.82. The molecule has 0 aliphatic carbocycles. The third-order valence-corrected chi connectivity index (χ3v) is 6.69. The van der Waals surface area contributed by atoms with Crippen molar-refractivity contribution < 1.29 is 14.0 Å². The molecule has 0 saturated heterocycles. The fraction of sp³-hybridized carbons (Fsp3) is 0.259. The van der Waals surface area contributed by atoms with Gasteiger partial charge >= 0.3 is 0 Å². The lowest BCUT2D eigenvalue weighted by Crippen LogP contribution is -2.51. The van der Waals surface area contributed by atoms with Crippen molar-refractivity contribution >= 4 is 35.2 Å². The van der Waals surface area contributed by atoms with Gasteiger partial charge in [0.1, 0.15) is 11.9 Å². The van der Waals surface area contributed by atoms with E-state index in [1.165, 1.54) is 23.9 Å². The van der Waals surface area contributed by atoms with Crippen molar-refractivity contribution in [2.75, 3.05) is 12.3 Å². The molecule has 0 unspecified atom stereocenters. The first-order valence-corrected chi connectivity index (χ1v) is 12.7. The van der Waals surface area contributed by atoms with Crippen molar-refractivity contribution in [3.05, 3.63) is 106 Å². The van der Waals surface area contributed by atoms with Gasteiger partial charge in [-0.2, -0.15) is 0 Å². The summed E-state index contributed by atoms with van der Waals surface area (Å²) < 4.78 is 13.2. The largest absolute Gasteiger partial charge is 0.355 e. The Hall–Kier alpha value is -2.83. The molecule has 0 aliphatic heterocycles. The number of hydrogen-bond acceptors (Lipinski definition) is 3. The minimum atomic E-state index is -0.683.